The third-order valence-corrected chi connectivity index (χ3v) is 5.22. The number of aromatic amines is 1. The number of rotatable bonds is 3. The molecule has 2 aromatic rings. The number of carboxylic acids is 1. The molecule has 0 radical (unpaired) electrons. The average molecular weight is 353 g/mol. The van der Waals surface area contributed by atoms with E-state index in [1.807, 2.05) is 0 Å². The lowest BCUT2D eigenvalue weighted by atomic mass is 9.74. The Morgan fingerprint density at radius 3 is 2.88 bits per heavy atom. The van der Waals surface area contributed by atoms with Gasteiger partial charge in [0.2, 0.25) is 0 Å². The van der Waals surface area contributed by atoms with Gasteiger partial charge in [-0.25, -0.2) is 4.39 Å². The number of halogens is 2. The summed E-state index contributed by atoms with van der Waals surface area (Å²) in [5.74, 6) is -2.48. The van der Waals surface area contributed by atoms with Crippen LogP contribution in [0.5, 0.6) is 0 Å². The smallest absolute Gasteiger partial charge is 0.308 e. The third kappa shape index (κ3) is 2.86. The number of H-pyrrole nitrogens is 1. The van der Waals surface area contributed by atoms with Crippen LogP contribution in [0, 0.1) is 11.7 Å². The van der Waals surface area contributed by atoms with Crippen LogP contribution in [0.4, 0.5) is 4.39 Å². The Kier molecular flexibility index (Phi) is 4.25. The van der Waals surface area contributed by atoms with Crippen LogP contribution in [0.25, 0.3) is 10.9 Å². The van der Waals surface area contributed by atoms with E-state index in [1.165, 1.54) is 18.2 Å². The Bertz CT molecular complexity index is 820. The van der Waals surface area contributed by atoms with Gasteiger partial charge in [0.1, 0.15) is 11.5 Å². The highest BCUT2D eigenvalue weighted by atomic mass is 35.5. The van der Waals surface area contributed by atoms with Gasteiger partial charge >= 0.3 is 5.97 Å². The van der Waals surface area contributed by atoms with Gasteiger partial charge in [0.05, 0.1) is 16.5 Å². The van der Waals surface area contributed by atoms with Crippen LogP contribution in [0.3, 0.4) is 0 Å². The molecule has 2 unspecified atom stereocenters. The van der Waals surface area contributed by atoms with Crippen molar-refractivity contribution >= 4 is 34.4 Å². The van der Waals surface area contributed by atoms with E-state index in [0.29, 0.717) is 23.7 Å². The van der Waals surface area contributed by atoms with Crippen molar-refractivity contribution in [2.75, 3.05) is 0 Å². The van der Waals surface area contributed by atoms with E-state index in [0.717, 1.165) is 12.8 Å². The fraction of sp³-hybridized carbons (Fsp3) is 0.412. The van der Waals surface area contributed by atoms with Crippen LogP contribution in [0.15, 0.2) is 18.2 Å². The minimum absolute atomic E-state index is 0.119. The van der Waals surface area contributed by atoms with E-state index < -0.39 is 29.2 Å². The maximum absolute atomic E-state index is 13.4. The van der Waals surface area contributed by atoms with Gasteiger partial charge in [0, 0.05) is 10.9 Å². The summed E-state index contributed by atoms with van der Waals surface area (Å²) in [4.78, 5) is 27.0. The summed E-state index contributed by atoms with van der Waals surface area (Å²) in [7, 11) is 0. The summed E-state index contributed by atoms with van der Waals surface area (Å²) >= 11 is 6.21. The molecule has 24 heavy (non-hydrogen) atoms. The zero-order chi connectivity index (χ0) is 17.5. The van der Waals surface area contributed by atoms with Crippen LogP contribution in [0.2, 0.25) is 5.02 Å². The van der Waals surface area contributed by atoms with Gasteiger partial charge in [-0.1, -0.05) is 24.4 Å². The number of hydrogen-bond donors (Lipinski definition) is 3. The van der Waals surface area contributed by atoms with Gasteiger partial charge in [0.15, 0.2) is 0 Å². The van der Waals surface area contributed by atoms with Crippen LogP contribution in [0.1, 0.15) is 43.1 Å². The molecule has 1 heterocycles. The van der Waals surface area contributed by atoms with Gasteiger partial charge in [-0.2, -0.15) is 0 Å². The Labute approximate surface area is 143 Å². The van der Waals surface area contributed by atoms with E-state index in [1.54, 1.807) is 6.92 Å². The summed E-state index contributed by atoms with van der Waals surface area (Å²) in [5.41, 5.74) is -0.170. The quantitative estimate of drug-likeness (QED) is 0.787. The lowest BCUT2D eigenvalue weighted by Gasteiger charge is -2.39. The molecular formula is C17H18ClFN2O3. The monoisotopic (exact) mass is 352 g/mol. The first kappa shape index (κ1) is 16.8. The highest BCUT2D eigenvalue weighted by molar-refractivity contribution is 6.38. The van der Waals surface area contributed by atoms with E-state index >= 15 is 0 Å². The third-order valence-electron chi connectivity index (χ3n) is 4.83. The molecule has 0 spiro atoms. The number of nitrogens with one attached hydrogen (secondary N) is 2. The topological polar surface area (TPSA) is 82.2 Å². The predicted octanol–water partition coefficient (Wildman–Crippen LogP) is 3.72. The molecule has 5 nitrogen and oxygen atoms in total. The number of aromatic nitrogens is 1. The summed E-state index contributed by atoms with van der Waals surface area (Å²) in [6.45, 7) is 1.75. The number of hydrogen-bond acceptors (Lipinski definition) is 2. The van der Waals surface area contributed by atoms with Crippen molar-refractivity contribution in [2.24, 2.45) is 5.92 Å². The van der Waals surface area contributed by atoms with Crippen molar-refractivity contribution in [3.05, 3.63) is 34.7 Å². The van der Waals surface area contributed by atoms with Gasteiger partial charge in [-0.15, -0.1) is 0 Å². The zero-order valence-electron chi connectivity index (χ0n) is 13.2. The molecule has 1 aromatic carbocycles. The molecule has 0 aliphatic heterocycles. The fourth-order valence-corrected chi connectivity index (χ4v) is 3.78. The first-order chi connectivity index (χ1) is 11.3. The number of fused-ring (bicyclic) bond motifs is 1. The van der Waals surface area contributed by atoms with Crippen LogP contribution in [-0.4, -0.2) is 27.5 Å². The largest absolute Gasteiger partial charge is 0.481 e. The van der Waals surface area contributed by atoms with E-state index in [-0.39, 0.29) is 10.7 Å². The van der Waals surface area contributed by atoms with E-state index in [9.17, 15) is 19.1 Å². The lowest BCUT2D eigenvalue weighted by Crippen LogP contribution is -2.55. The van der Waals surface area contributed by atoms with E-state index in [4.69, 9.17) is 11.6 Å². The minimum Gasteiger partial charge on any atom is -0.481 e. The average Bonchev–Trinajstić information content (AvgIpc) is 2.84. The first-order valence-corrected chi connectivity index (χ1v) is 8.21. The first-order valence-electron chi connectivity index (χ1n) is 7.84. The molecular weight excluding hydrogens is 335 g/mol. The van der Waals surface area contributed by atoms with E-state index in [2.05, 4.69) is 10.3 Å². The Morgan fingerprint density at radius 2 is 2.17 bits per heavy atom. The summed E-state index contributed by atoms with van der Waals surface area (Å²) < 4.78 is 13.4. The van der Waals surface area contributed by atoms with Gasteiger partial charge in [-0.05, 0) is 38.0 Å². The summed E-state index contributed by atoms with van der Waals surface area (Å²) in [6, 6.07) is 4.04. The molecule has 0 bridgehead atoms. The zero-order valence-corrected chi connectivity index (χ0v) is 13.9. The van der Waals surface area contributed by atoms with Gasteiger partial charge in [0.25, 0.3) is 5.91 Å². The summed E-state index contributed by atoms with van der Waals surface area (Å²) in [6.07, 6.45) is 2.79. The molecule has 1 amide bonds. The van der Waals surface area contributed by atoms with Crippen molar-refractivity contribution in [3.63, 3.8) is 0 Å². The van der Waals surface area contributed by atoms with Gasteiger partial charge < -0.3 is 15.4 Å². The SMILES string of the molecule is CC1(NC(=O)c2[nH]c3ccc(F)cc3c2Cl)CCCCC1C(=O)O. The maximum Gasteiger partial charge on any atom is 0.308 e. The molecule has 3 N–H and O–H groups in total. The van der Waals surface area contributed by atoms with Gasteiger partial charge in [-0.3, -0.25) is 9.59 Å². The predicted molar refractivity (Wildman–Crippen MR) is 88.7 cm³/mol. The number of benzene rings is 1. The number of carboxylic acid groups (broad SMARTS) is 1. The standard InChI is InChI=1S/C17H18ClFN2O3/c1-17(7-3-2-4-11(17)16(23)24)21-15(22)14-13(18)10-8-9(19)5-6-12(10)20-14/h5-6,8,11,20H,2-4,7H2,1H3,(H,21,22)(H,23,24). The van der Waals surface area contributed by atoms with Crippen LogP contribution < -0.4 is 5.32 Å². The molecule has 7 heteroatoms. The Balaban J connectivity index is 1.92. The van der Waals surface area contributed by atoms with Crippen LogP contribution >= 0.6 is 11.6 Å². The second kappa shape index (κ2) is 6.09. The highest BCUT2D eigenvalue weighted by Gasteiger charge is 2.42. The molecule has 128 valence electrons. The van der Waals surface area contributed by atoms with Crippen molar-refractivity contribution in [1.29, 1.82) is 0 Å². The summed E-state index contributed by atoms with van der Waals surface area (Å²) in [5, 5.41) is 12.8. The fourth-order valence-electron chi connectivity index (χ4n) is 3.49. The molecule has 1 aromatic heterocycles. The normalized spacial score (nSPS) is 24.0. The lowest BCUT2D eigenvalue weighted by molar-refractivity contribution is -0.145. The van der Waals surface area contributed by atoms with Crippen molar-refractivity contribution in [2.45, 2.75) is 38.1 Å². The molecule has 0 saturated heterocycles. The number of carbonyl (C=O) groups excluding carboxylic acids is 1. The minimum atomic E-state index is -0.915. The molecule has 1 aliphatic rings. The van der Waals surface area contributed by atoms with Crippen molar-refractivity contribution in [3.8, 4) is 0 Å². The molecule has 1 fully saturated rings. The number of amides is 1. The van der Waals surface area contributed by atoms with Crippen LogP contribution in [-0.2, 0) is 4.79 Å². The van der Waals surface area contributed by atoms with Crippen molar-refractivity contribution < 1.29 is 19.1 Å². The molecule has 3 rings (SSSR count). The Hall–Kier alpha value is -2.08. The Morgan fingerprint density at radius 1 is 1.42 bits per heavy atom. The molecule has 1 aliphatic carbocycles. The number of carbonyl (C=O) groups is 2. The van der Waals surface area contributed by atoms with Crippen molar-refractivity contribution in [1.82, 2.24) is 10.3 Å². The highest BCUT2D eigenvalue weighted by Crippen LogP contribution is 2.35. The second-order valence-corrected chi connectivity index (χ2v) is 6.89. The molecule has 2 atom stereocenters. The maximum atomic E-state index is 13.4. The second-order valence-electron chi connectivity index (χ2n) is 6.51. The molecule has 1 saturated carbocycles. The number of aliphatic carboxylic acids is 1.